The van der Waals surface area contributed by atoms with Gasteiger partial charge in [0.2, 0.25) is 0 Å². The zero-order valence-electron chi connectivity index (χ0n) is 21.9. The van der Waals surface area contributed by atoms with E-state index in [2.05, 4.69) is 16.8 Å². The number of pyridine rings is 1. The summed E-state index contributed by atoms with van der Waals surface area (Å²) in [6.45, 7) is 8.26. The molecule has 1 aromatic carbocycles. The highest BCUT2D eigenvalue weighted by molar-refractivity contribution is 6.46. The van der Waals surface area contributed by atoms with Crippen molar-refractivity contribution in [2.24, 2.45) is 0 Å². The molecule has 0 bridgehead atoms. The smallest absolute Gasteiger partial charge is 0.295 e. The molecule has 2 aromatic heterocycles. The number of ketones is 1. The van der Waals surface area contributed by atoms with E-state index in [9.17, 15) is 14.7 Å². The fourth-order valence-corrected chi connectivity index (χ4v) is 5.17. The first-order valence-electron chi connectivity index (χ1n) is 13.2. The van der Waals surface area contributed by atoms with Crippen molar-refractivity contribution in [3.8, 4) is 5.75 Å². The number of carbonyl (C=O) groups is 2. The number of amides is 1. The molecule has 5 rings (SSSR count). The molecule has 9 heteroatoms. The number of unbranched alkanes of at least 4 members (excludes halogenated alkanes) is 1. The molecule has 9 nitrogen and oxygen atoms in total. The van der Waals surface area contributed by atoms with E-state index in [-0.39, 0.29) is 11.3 Å². The molecule has 0 aliphatic carbocycles. The highest BCUT2D eigenvalue weighted by Crippen LogP contribution is 2.40. The number of likely N-dealkylation sites (tertiary alicyclic amines) is 1. The fourth-order valence-electron chi connectivity index (χ4n) is 5.17. The Kier molecular flexibility index (Phi) is 7.76. The van der Waals surface area contributed by atoms with Crippen LogP contribution in [0, 0.1) is 6.92 Å². The van der Waals surface area contributed by atoms with Crippen LogP contribution >= 0.6 is 0 Å². The first-order valence-corrected chi connectivity index (χ1v) is 13.2. The van der Waals surface area contributed by atoms with Crippen LogP contribution in [0.3, 0.4) is 0 Å². The lowest BCUT2D eigenvalue weighted by atomic mass is 9.96. The van der Waals surface area contributed by atoms with E-state index in [0.717, 1.165) is 25.9 Å². The van der Waals surface area contributed by atoms with E-state index < -0.39 is 17.7 Å². The van der Waals surface area contributed by atoms with E-state index in [0.29, 0.717) is 61.3 Å². The zero-order chi connectivity index (χ0) is 26.6. The van der Waals surface area contributed by atoms with Gasteiger partial charge in [0.1, 0.15) is 17.1 Å². The van der Waals surface area contributed by atoms with Gasteiger partial charge in [0.15, 0.2) is 5.76 Å². The predicted molar refractivity (Wildman–Crippen MR) is 143 cm³/mol. The van der Waals surface area contributed by atoms with Gasteiger partial charge in [0.05, 0.1) is 37.1 Å². The van der Waals surface area contributed by atoms with Crippen molar-refractivity contribution in [2.45, 2.75) is 32.7 Å². The minimum atomic E-state index is -0.751. The van der Waals surface area contributed by atoms with Gasteiger partial charge < -0.3 is 19.5 Å². The van der Waals surface area contributed by atoms with Gasteiger partial charge in [-0.25, -0.2) is 4.98 Å². The molecule has 0 radical (unpaired) electrons. The molecule has 3 aromatic rings. The number of hydrogen-bond acceptors (Lipinski definition) is 7. The monoisotopic (exact) mass is 518 g/mol. The first-order chi connectivity index (χ1) is 18.5. The summed E-state index contributed by atoms with van der Waals surface area (Å²) in [4.78, 5) is 35.3. The molecule has 4 heterocycles. The number of aryl methyl sites for hydroxylation is 1. The van der Waals surface area contributed by atoms with Gasteiger partial charge in [-0.05, 0) is 43.2 Å². The molecule has 38 heavy (non-hydrogen) atoms. The number of benzene rings is 1. The number of carbonyl (C=O) groups excluding carboxylic acids is 2. The Balaban J connectivity index is 1.58. The Labute approximate surface area is 222 Å². The summed E-state index contributed by atoms with van der Waals surface area (Å²) in [5.41, 5.74) is 2.41. The lowest BCUT2D eigenvalue weighted by Gasteiger charge is -2.31. The molecule has 1 atom stereocenters. The molecule has 2 saturated heterocycles. The molecule has 1 unspecified atom stereocenters. The Morgan fingerprint density at radius 2 is 1.95 bits per heavy atom. The third kappa shape index (κ3) is 5.04. The van der Waals surface area contributed by atoms with Gasteiger partial charge in [0, 0.05) is 32.4 Å². The van der Waals surface area contributed by atoms with Crippen molar-refractivity contribution >= 4 is 23.1 Å². The maximum absolute atomic E-state index is 13.5. The van der Waals surface area contributed by atoms with Crippen LogP contribution in [-0.4, -0.2) is 82.0 Å². The SMILES string of the molecule is CCCCOc1cccc(C2/C(=C(\O)c3c(C)nc4ccccn34)C(=O)C(=O)N2CCN2CCOCC2)c1. The zero-order valence-corrected chi connectivity index (χ0v) is 21.9. The van der Waals surface area contributed by atoms with Gasteiger partial charge in [-0.1, -0.05) is 31.5 Å². The fraction of sp³-hybridized carbons (Fsp3) is 0.414. The van der Waals surface area contributed by atoms with Gasteiger partial charge >= 0.3 is 0 Å². The van der Waals surface area contributed by atoms with Crippen LogP contribution in [0.2, 0.25) is 0 Å². The molecule has 0 spiro atoms. The Morgan fingerprint density at radius 1 is 1.13 bits per heavy atom. The minimum Gasteiger partial charge on any atom is -0.505 e. The number of ether oxygens (including phenoxy) is 2. The normalized spacial score (nSPS) is 19.9. The lowest BCUT2D eigenvalue weighted by Crippen LogP contribution is -2.42. The van der Waals surface area contributed by atoms with E-state index in [1.54, 1.807) is 22.4 Å². The summed E-state index contributed by atoms with van der Waals surface area (Å²) in [5, 5.41) is 11.6. The van der Waals surface area contributed by atoms with Gasteiger partial charge in [-0.15, -0.1) is 0 Å². The van der Waals surface area contributed by atoms with Crippen LogP contribution in [-0.2, 0) is 14.3 Å². The summed E-state index contributed by atoms with van der Waals surface area (Å²) in [6, 6.07) is 12.2. The molecule has 1 N–H and O–H groups in total. The Hall–Kier alpha value is -3.69. The Bertz CT molecular complexity index is 1360. The van der Waals surface area contributed by atoms with Crippen molar-refractivity contribution < 1.29 is 24.2 Å². The highest BCUT2D eigenvalue weighted by atomic mass is 16.5. The maximum atomic E-state index is 13.5. The number of aliphatic hydroxyl groups is 1. The summed E-state index contributed by atoms with van der Waals surface area (Å²) < 4.78 is 13.1. The minimum absolute atomic E-state index is 0.0661. The van der Waals surface area contributed by atoms with E-state index in [1.165, 1.54) is 0 Å². The van der Waals surface area contributed by atoms with Crippen molar-refractivity contribution in [3.05, 3.63) is 71.2 Å². The molecule has 2 aliphatic heterocycles. The number of aromatic nitrogens is 2. The van der Waals surface area contributed by atoms with E-state index >= 15 is 0 Å². The maximum Gasteiger partial charge on any atom is 0.295 e. The van der Waals surface area contributed by atoms with Crippen LogP contribution in [0.25, 0.3) is 11.4 Å². The predicted octanol–water partition coefficient (Wildman–Crippen LogP) is 3.58. The number of nitrogens with zero attached hydrogens (tertiary/aromatic N) is 4. The molecule has 2 fully saturated rings. The van der Waals surface area contributed by atoms with Crippen molar-refractivity contribution in [1.29, 1.82) is 0 Å². The summed E-state index contributed by atoms with van der Waals surface area (Å²) >= 11 is 0. The standard InChI is InChI=1S/C29H34N4O5/c1-3-4-16-38-22-9-7-8-21(19-22)26-24(27(34)25-20(2)30-23-10-5-6-11-32(23)25)28(35)29(36)33(26)13-12-31-14-17-37-18-15-31/h5-11,19,26,34H,3-4,12-18H2,1-2H3/b27-24+. The first kappa shape index (κ1) is 25.9. The summed E-state index contributed by atoms with van der Waals surface area (Å²) in [7, 11) is 0. The van der Waals surface area contributed by atoms with Gasteiger partial charge in [-0.3, -0.25) is 18.9 Å². The second-order valence-corrected chi connectivity index (χ2v) is 9.70. The third-order valence-electron chi connectivity index (χ3n) is 7.17. The van der Waals surface area contributed by atoms with E-state index in [1.807, 2.05) is 42.5 Å². The van der Waals surface area contributed by atoms with Crippen LogP contribution < -0.4 is 4.74 Å². The number of imidazole rings is 1. The molecular weight excluding hydrogens is 484 g/mol. The number of aliphatic hydroxyl groups excluding tert-OH is 1. The van der Waals surface area contributed by atoms with Crippen molar-refractivity contribution in [1.82, 2.24) is 19.2 Å². The van der Waals surface area contributed by atoms with Crippen LogP contribution in [0.1, 0.15) is 42.8 Å². The third-order valence-corrected chi connectivity index (χ3v) is 7.17. The highest BCUT2D eigenvalue weighted by Gasteiger charge is 2.46. The van der Waals surface area contributed by atoms with Crippen LogP contribution in [0.4, 0.5) is 0 Å². The second kappa shape index (κ2) is 11.4. The Morgan fingerprint density at radius 3 is 2.74 bits per heavy atom. The van der Waals surface area contributed by atoms with Crippen LogP contribution in [0.15, 0.2) is 54.2 Å². The number of rotatable bonds is 9. The molecule has 0 saturated carbocycles. The number of hydrogen-bond donors (Lipinski definition) is 1. The quantitative estimate of drug-likeness (QED) is 0.200. The number of morpholine rings is 1. The van der Waals surface area contributed by atoms with E-state index in [4.69, 9.17) is 9.47 Å². The summed E-state index contributed by atoms with van der Waals surface area (Å²) in [5.74, 6) is -0.873. The number of Topliss-reactive ketones (excluding diaryl/α,β-unsaturated/α-hetero) is 1. The summed E-state index contributed by atoms with van der Waals surface area (Å²) in [6.07, 6.45) is 3.73. The van der Waals surface area contributed by atoms with Gasteiger partial charge in [-0.2, -0.15) is 0 Å². The molecule has 200 valence electrons. The second-order valence-electron chi connectivity index (χ2n) is 9.70. The largest absolute Gasteiger partial charge is 0.505 e. The average molecular weight is 519 g/mol. The average Bonchev–Trinajstić information content (AvgIpc) is 3.40. The van der Waals surface area contributed by atoms with Crippen molar-refractivity contribution in [2.75, 3.05) is 46.0 Å². The molecule has 2 aliphatic rings. The molecular formula is C29H34N4O5. The van der Waals surface area contributed by atoms with Gasteiger partial charge in [0.25, 0.3) is 11.7 Å². The lowest BCUT2D eigenvalue weighted by molar-refractivity contribution is -0.140. The topological polar surface area (TPSA) is 96.6 Å². The number of fused-ring (bicyclic) bond motifs is 1. The molecule has 1 amide bonds. The van der Waals surface area contributed by atoms with Crippen LogP contribution in [0.5, 0.6) is 5.75 Å². The van der Waals surface area contributed by atoms with Crippen molar-refractivity contribution in [3.63, 3.8) is 0 Å².